The van der Waals surface area contributed by atoms with Gasteiger partial charge in [0.25, 0.3) is 5.91 Å². The third-order valence-electron chi connectivity index (χ3n) is 5.24. The third kappa shape index (κ3) is 5.05. The van der Waals surface area contributed by atoms with Crippen LogP contribution in [0.2, 0.25) is 0 Å². The van der Waals surface area contributed by atoms with Crippen LogP contribution >= 0.6 is 31.9 Å². The number of anilines is 2. The number of carbonyl (C=O) groups excluding carboxylic acids is 3. The Morgan fingerprint density at radius 3 is 2.09 bits per heavy atom. The standard InChI is InChI=1S/C25H20Br2N4O3/c1-14-4-3-5-15(2)22(14)29-24(33)25(34)30-31-20-11-8-18(27)12-16(20)13-21(31)23(32)28-19-9-6-17(26)7-10-19/h3-13H,1-2H3,(H,28,32)(H,29,33)(H,30,34). The average Bonchev–Trinajstić information content (AvgIpc) is 3.15. The van der Waals surface area contributed by atoms with E-state index in [1.807, 2.05) is 50.2 Å². The van der Waals surface area contributed by atoms with E-state index in [0.29, 0.717) is 22.3 Å². The Kier molecular flexibility index (Phi) is 6.85. The first kappa shape index (κ1) is 23.7. The summed E-state index contributed by atoms with van der Waals surface area (Å²) in [6.45, 7) is 3.70. The second-order valence-electron chi connectivity index (χ2n) is 7.69. The Morgan fingerprint density at radius 2 is 1.41 bits per heavy atom. The summed E-state index contributed by atoms with van der Waals surface area (Å²) in [4.78, 5) is 38.6. The molecule has 0 aliphatic rings. The number of amides is 3. The van der Waals surface area contributed by atoms with E-state index in [2.05, 4.69) is 47.9 Å². The van der Waals surface area contributed by atoms with Crippen molar-refractivity contribution in [2.75, 3.05) is 16.1 Å². The van der Waals surface area contributed by atoms with Crippen molar-refractivity contribution in [2.45, 2.75) is 13.8 Å². The number of hydrogen-bond acceptors (Lipinski definition) is 3. The summed E-state index contributed by atoms with van der Waals surface area (Å²) in [6.07, 6.45) is 0. The Balaban J connectivity index is 1.64. The van der Waals surface area contributed by atoms with Crippen molar-refractivity contribution >= 4 is 71.9 Å². The maximum Gasteiger partial charge on any atom is 0.328 e. The number of halogens is 2. The van der Waals surface area contributed by atoms with Crippen LogP contribution in [0.1, 0.15) is 21.6 Å². The Labute approximate surface area is 212 Å². The maximum atomic E-state index is 13.1. The van der Waals surface area contributed by atoms with Crippen LogP contribution in [-0.2, 0) is 9.59 Å². The Bertz CT molecular complexity index is 1410. The Morgan fingerprint density at radius 1 is 0.765 bits per heavy atom. The maximum absolute atomic E-state index is 13.1. The molecule has 3 amide bonds. The number of aryl methyl sites for hydroxylation is 2. The molecule has 7 nitrogen and oxygen atoms in total. The summed E-state index contributed by atoms with van der Waals surface area (Å²) in [7, 11) is 0. The molecule has 0 aliphatic carbocycles. The van der Waals surface area contributed by atoms with E-state index in [-0.39, 0.29) is 5.69 Å². The van der Waals surface area contributed by atoms with Crippen molar-refractivity contribution in [1.82, 2.24) is 4.68 Å². The molecule has 4 rings (SSSR count). The molecule has 1 heterocycles. The highest BCUT2D eigenvalue weighted by Gasteiger charge is 2.22. The van der Waals surface area contributed by atoms with Gasteiger partial charge in [-0.05, 0) is 73.5 Å². The van der Waals surface area contributed by atoms with Crippen LogP contribution in [0.4, 0.5) is 11.4 Å². The number of para-hydroxylation sites is 1. The topological polar surface area (TPSA) is 92.2 Å². The molecule has 0 saturated heterocycles. The minimum atomic E-state index is -0.902. The molecule has 3 N–H and O–H groups in total. The van der Waals surface area contributed by atoms with Crippen LogP contribution in [0.3, 0.4) is 0 Å². The predicted octanol–water partition coefficient (Wildman–Crippen LogP) is 5.74. The number of nitrogens with zero attached hydrogens (tertiary/aromatic N) is 1. The molecule has 3 aromatic carbocycles. The molecule has 0 bridgehead atoms. The van der Waals surface area contributed by atoms with Gasteiger partial charge >= 0.3 is 11.8 Å². The smallest absolute Gasteiger partial charge is 0.321 e. The van der Waals surface area contributed by atoms with Crippen LogP contribution < -0.4 is 16.1 Å². The van der Waals surface area contributed by atoms with Crippen molar-refractivity contribution in [1.29, 1.82) is 0 Å². The van der Waals surface area contributed by atoms with Crippen LogP contribution in [0.5, 0.6) is 0 Å². The van der Waals surface area contributed by atoms with Gasteiger partial charge in [0, 0.05) is 25.7 Å². The minimum absolute atomic E-state index is 0.171. The molecule has 0 fully saturated rings. The van der Waals surface area contributed by atoms with Crippen molar-refractivity contribution < 1.29 is 14.4 Å². The number of aromatic nitrogens is 1. The highest BCUT2D eigenvalue weighted by Crippen LogP contribution is 2.24. The lowest BCUT2D eigenvalue weighted by Gasteiger charge is -2.14. The molecular formula is C25H20Br2N4O3. The number of nitrogens with one attached hydrogen (secondary N) is 3. The quantitative estimate of drug-likeness (QED) is 0.267. The first-order valence-corrected chi connectivity index (χ1v) is 11.9. The molecule has 1 aromatic heterocycles. The zero-order chi connectivity index (χ0) is 24.4. The lowest BCUT2D eigenvalue weighted by atomic mass is 10.1. The monoisotopic (exact) mass is 582 g/mol. The molecule has 4 aromatic rings. The van der Waals surface area contributed by atoms with Gasteiger partial charge in [-0.15, -0.1) is 0 Å². The van der Waals surface area contributed by atoms with Crippen LogP contribution in [0.25, 0.3) is 10.9 Å². The summed E-state index contributed by atoms with van der Waals surface area (Å²) in [5.41, 5.74) is 6.16. The lowest BCUT2D eigenvalue weighted by Crippen LogP contribution is -2.36. The van der Waals surface area contributed by atoms with Crippen molar-refractivity contribution in [3.05, 3.63) is 92.5 Å². The molecule has 0 saturated carbocycles. The molecule has 0 unspecified atom stereocenters. The molecule has 9 heteroatoms. The molecule has 0 radical (unpaired) electrons. The van der Waals surface area contributed by atoms with Gasteiger partial charge in [0.1, 0.15) is 5.69 Å². The minimum Gasteiger partial charge on any atom is -0.321 e. The zero-order valence-electron chi connectivity index (χ0n) is 18.3. The molecule has 34 heavy (non-hydrogen) atoms. The summed E-state index contributed by atoms with van der Waals surface area (Å²) in [6, 6.07) is 19.7. The molecule has 0 spiro atoms. The van der Waals surface area contributed by atoms with Crippen LogP contribution in [0.15, 0.2) is 75.7 Å². The van der Waals surface area contributed by atoms with Gasteiger partial charge in [0.15, 0.2) is 0 Å². The second-order valence-corrected chi connectivity index (χ2v) is 9.52. The number of hydrogen-bond donors (Lipinski definition) is 3. The van der Waals surface area contributed by atoms with Gasteiger partial charge in [0.05, 0.1) is 5.52 Å². The zero-order valence-corrected chi connectivity index (χ0v) is 21.5. The summed E-state index contributed by atoms with van der Waals surface area (Å²) in [5.74, 6) is -2.18. The predicted molar refractivity (Wildman–Crippen MR) is 141 cm³/mol. The average molecular weight is 584 g/mol. The van der Waals surface area contributed by atoms with Gasteiger partial charge in [0.2, 0.25) is 0 Å². The number of benzene rings is 3. The normalized spacial score (nSPS) is 10.7. The van der Waals surface area contributed by atoms with Crippen LogP contribution in [0, 0.1) is 13.8 Å². The highest BCUT2D eigenvalue weighted by molar-refractivity contribution is 9.10. The summed E-state index contributed by atoms with van der Waals surface area (Å²) >= 11 is 6.79. The first-order valence-electron chi connectivity index (χ1n) is 10.3. The fourth-order valence-electron chi connectivity index (χ4n) is 3.54. The summed E-state index contributed by atoms with van der Waals surface area (Å²) in [5, 5.41) is 6.19. The first-order chi connectivity index (χ1) is 16.2. The van der Waals surface area contributed by atoms with E-state index in [4.69, 9.17) is 0 Å². The number of fused-ring (bicyclic) bond motifs is 1. The van der Waals surface area contributed by atoms with Crippen molar-refractivity contribution in [2.24, 2.45) is 0 Å². The van der Waals surface area contributed by atoms with Crippen molar-refractivity contribution in [3.8, 4) is 0 Å². The van der Waals surface area contributed by atoms with E-state index in [9.17, 15) is 14.4 Å². The molecule has 0 atom stereocenters. The van der Waals surface area contributed by atoms with E-state index in [1.54, 1.807) is 30.3 Å². The third-order valence-corrected chi connectivity index (χ3v) is 6.26. The van der Waals surface area contributed by atoms with E-state index < -0.39 is 17.7 Å². The number of carbonyl (C=O) groups is 3. The van der Waals surface area contributed by atoms with E-state index >= 15 is 0 Å². The van der Waals surface area contributed by atoms with E-state index in [1.165, 1.54) is 4.68 Å². The Hall–Kier alpha value is -3.43. The number of rotatable bonds is 4. The van der Waals surface area contributed by atoms with Crippen LogP contribution in [-0.4, -0.2) is 22.4 Å². The molecule has 0 aliphatic heterocycles. The SMILES string of the molecule is Cc1cccc(C)c1NC(=O)C(=O)Nn1c(C(=O)Nc2ccc(Br)cc2)cc2cc(Br)ccc21. The molecular weight excluding hydrogens is 564 g/mol. The van der Waals surface area contributed by atoms with E-state index in [0.717, 1.165) is 20.1 Å². The lowest BCUT2D eigenvalue weighted by molar-refractivity contribution is -0.133. The van der Waals surface area contributed by atoms with Gasteiger partial charge in [-0.3, -0.25) is 19.8 Å². The van der Waals surface area contributed by atoms with Crippen molar-refractivity contribution in [3.63, 3.8) is 0 Å². The molecule has 172 valence electrons. The highest BCUT2D eigenvalue weighted by atomic mass is 79.9. The largest absolute Gasteiger partial charge is 0.328 e. The van der Waals surface area contributed by atoms with Gasteiger partial charge in [-0.2, -0.15) is 0 Å². The summed E-state index contributed by atoms with van der Waals surface area (Å²) < 4.78 is 3.02. The van der Waals surface area contributed by atoms with Gasteiger partial charge in [-0.1, -0.05) is 50.1 Å². The fourth-order valence-corrected chi connectivity index (χ4v) is 4.18. The van der Waals surface area contributed by atoms with Gasteiger partial charge in [-0.25, -0.2) is 4.68 Å². The second kappa shape index (κ2) is 9.82. The fraction of sp³-hybridized carbons (Fsp3) is 0.0800. The van der Waals surface area contributed by atoms with Gasteiger partial charge < -0.3 is 10.6 Å².